The summed E-state index contributed by atoms with van der Waals surface area (Å²) < 4.78 is 28.0. The first-order valence-electron chi connectivity index (χ1n) is 7.85. The van der Waals surface area contributed by atoms with Crippen molar-refractivity contribution in [2.45, 2.75) is 19.9 Å². The molecule has 134 valence electrons. The largest absolute Gasteiger partial charge is 0.350 e. The molecule has 2 aromatic carbocycles. The second-order valence-electron chi connectivity index (χ2n) is 5.65. The number of benzene rings is 2. The highest BCUT2D eigenvalue weighted by Gasteiger charge is 2.15. The maximum Gasteiger partial charge on any atom is 0.262 e. The number of thiazole rings is 1. The summed E-state index contributed by atoms with van der Waals surface area (Å²) in [6.45, 7) is 3.15. The van der Waals surface area contributed by atoms with Gasteiger partial charge in [0.1, 0.15) is 17.7 Å². The smallest absolute Gasteiger partial charge is 0.262 e. The minimum Gasteiger partial charge on any atom is -0.350 e. The highest BCUT2D eigenvalue weighted by atomic mass is 32.1. The van der Waals surface area contributed by atoms with Crippen molar-refractivity contribution in [3.8, 4) is 0 Å². The zero-order valence-corrected chi connectivity index (χ0v) is 14.9. The normalized spacial score (nSPS) is 12.8. The Balaban J connectivity index is 1.66. The number of anilines is 1. The quantitative estimate of drug-likeness (QED) is 0.526. The van der Waals surface area contributed by atoms with E-state index in [0.29, 0.717) is 5.13 Å². The number of hydrogen-bond donors (Lipinski definition) is 2. The molecule has 0 fully saturated rings. The number of fused-ring (bicyclic) bond motifs is 1. The molecule has 0 unspecified atom stereocenters. The molecule has 26 heavy (non-hydrogen) atoms. The van der Waals surface area contributed by atoms with Crippen molar-refractivity contribution in [3.05, 3.63) is 59.7 Å². The van der Waals surface area contributed by atoms with Crippen LogP contribution in [0.2, 0.25) is 0 Å². The summed E-state index contributed by atoms with van der Waals surface area (Å²) in [5, 5.41) is 7.48. The maximum absolute atomic E-state index is 13.7. The molecule has 2 N–H and O–H groups in total. The lowest BCUT2D eigenvalue weighted by molar-refractivity contribution is -0.121. The van der Waals surface area contributed by atoms with Crippen LogP contribution in [0.25, 0.3) is 10.2 Å². The van der Waals surface area contributed by atoms with Crippen LogP contribution in [0.5, 0.6) is 0 Å². The molecule has 1 atom stereocenters. The lowest BCUT2D eigenvalue weighted by atomic mass is 10.1. The first-order chi connectivity index (χ1) is 12.4. The fourth-order valence-corrected chi connectivity index (χ4v) is 3.21. The first-order valence-corrected chi connectivity index (χ1v) is 8.67. The number of hydrogen-bond acceptors (Lipinski definition) is 5. The Morgan fingerprint density at radius 2 is 2.00 bits per heavy atom. The van der Waals surface area contributed by atoms with Crippen LogP contribution in [-0.2, 0) is 4.79 Å². The average molecular weight is 374 g/mol. The molecule has 1 heterocycles. The zero-order valence-electron chi connectivity index (χ0n) is 14.1. The lowest BCUT2D eigenvalue weighted by Crippen LogP contribution is -2.35. The van der Waals surface area contributed by atoms with E-state index in [4.69, 9.17) is 0 Å². The summed E-state index contributed by atoms with van der Waals surface area (Å²) in [5.41, 5.74) is 3.37. The van der Waals surface area contributed by atoms with Crippen LogP contribution in [0.1, 0.15) is 19.4 Å². The predicted molar refractivity (Wildman–Crippen MR) is 99.4 cm³/mol. The number of nitrogens with zero attached hydrogens (tertiary/aromatic N) is 2. The molecule has 0 aliphatic rings. The fourth-order valence-electron chi connectivity index (χ4n) is 2.26. The number of aromatic nitrogens is 1. The van der Waals surface area contributed by atoms with Gasteiger partial charge in [-0.15, -0.1) is 0 Å². The third kappa shape index (κ3) is 4.02. The van der Waals surface area contributed by atoms with Crippen LogP contribution in [0.4, 0.5) is 13.9 Å². The molecule has 1 aromatic heterocycles. The van der Waals surface area contributed by atoms with Gasteiger partial charge in [-0.1, -0.05) is 23.5 Å². The highest BCUT2D eigenvalue weighted by Crippen LogP contribution is 2.25. The monoisotopic (exact) mass is 374 g/mol. The molecule has 0 saturated carbocycles. The van der Waals surface area contributed by atoms with Crippen molar-refractivity contribution < 1.29 is 13.6 Å². The molecular formula is C18H16F2N4OS. The van der Waals surface area contributed by atoms with Gasteiger partial charge in [0.05, 0.1) is 15.9 Å². The van der Waals surface area contributed by atoms with Gasteiger partial charge in [-0.3, -0.25) is 4.79 Å². The number of carbonyl (C=O) groups is 1. The molecule has 0 saturated heterocycles. The Hall–Kier alpha value is -2.87. The fraction of sp³-hybridized carbons (Fsp3) is 0.167. The SMILES string of the molecule is C/C(=N/NC(=O)[C@@H](C)Nc1nc2ccccc2s1)c1cc(F)ccc1F. The van der Waals surface area contributed by atoms with Gasteiger partial charge in [-0.25, -0.2) is 19.2 Å². The van der Waals surface area contributed by atoms with E-state index in [-0.39, 0.29) is 11.3 Å². The van der Waals surface area contributed by atoms with E-state index in [9.17, 15) is 13.6 Å². The van der Waals surface area contributed by atoms with Crippen LogP contribution in [0, 0.1) is 11.6 Å². The van der Waals surface area contributed by atoms with Crippen LogP contribution < -0.4 is 10.7 Å². The minimum atomic E-state index is -0.609. The molecular weight excluding hydrogens is 358 g/mol. The number of para-hydroxylation sites is 1. The van der Waals surface area contributed by atoms with Crippen molar-refractivity contribution in [1.82, 2.24) is 10.4 Å². The number of amides is 1. The summed E-state index contributed by atoms with van der Waals surface area (Å²) in [7, 11) is 0. The maximum atomic E-state index is 13.7. The van der Waals surface area contributed by atoms with Crippen molar-refractivity contribution >= 4 is 38.3 Å². The predicted octanol–water partition coefficient (Wildman–Crippen LogP) is 3.92. The van der Waals surface area contributed by atoms with Crippen LogP contribution >= 0.6 is 11.3 Å². The van der Waals surface area contributed by atoms with Crippen LogP contribution in [0.3, 0.4) is 0 Å². The molecule has 1 amide bonds. The van der Waals surface area contributed by atoms with Gasteiger partial charge in [-0.05, 0) is 44.2 Å². The summed E-state index contributed by atoms with van der Waals surface area (Å²) >= 11 is 1.44. The molecule has 0 spiro atoms. The van der Waals surface area contributed by atoms with Crippen molar-refractivity contribution in [3.63, 3.8) is 0 Å². The average Bonchev–Trinajstić information content (AvgIpc) is 3.03. The molecule has 8 heteroatoms. The second-order valence-corrected chi connectivity index (χ2v) is 6.68. The van der Waals surface area contributed by atoms with Crippen molar-refractivity contribution in [1.29, 1.82) is 0 Å². The van der Waals surface area contributed by atoms with Crippen LogP contribution in [-0.4, -0.2) is 22.6 Å². The van der Waals surface area contributed by atoms with Gasteiger partial charge >= 0.3 is 0 Å². The van der Waals surface area contributed by atoms with Gasteiger partial charge in [0.2, 0.25) is 0 Å². The summed E-state index contributed by atoms with van der Waals surface area (Å²) in [5.74, 6) is -1.60. The van der Waals surface area contributed by atoms with E-state index in [1.807, 2.05) is 24.3 Å². The van der Waals surface area contributed by atoms with E-state index in [1.54, 1.807) is 6.92 Å². The van der Waals surface area contributed by atoms with Gasteiger partial charge in [0.15, 0.2) is 5.13 Å². The van der Waals surface area contributed by atoms with Gasteiger partial charge < -0.3 is 5.32 Å². The Morgan fingerprint density at radius 1 is 1.23 bits per heavy atom. The topological polar surface area (TPSA) is 66.4 Å². The van der Waals surface area contributed by atoms with Crippen LogP contribution in [0.15, 0.2) is 47.6 Å². The standard InChI is InChI=1S/C18H16F2N4OS/c1-10(13-9-12(19)7-8-14(13)20)23-24-17(25)11(2)21-18-22-15-5-3-4-6-16(15)26-18/h3-9,11H,1-2H3,(H,21,22)(H,24,25)/b23-10-/t11-/m1/s1. The summed E-state index contributed by atoms with van der Waals surface area (Å²) in [4.78, 5) is 16.6. The lowest BCUT2D eigenvalue weighted by Gasteiger charge is -2.11. The van der Waals surface area contributed by atoms with Gasteiger partial charge in [0, 0.05) is 5.56 Å². The zero-order chi connectivity index (χ0) is 18.7. The van der Waals surface area contributed by atoms with Crippen molar-refractivity contribution in [2.75, 3.05) is 5.32 Å². The second kappa shape index (κ2) is 7.57. The number of rotatable bonds is 5. The molecule has 5 nitrogen and oxygen atoms in total. The third-order valence-electron chi connectivity index (χ3n) is 3.68. The van der Waals surface area contributed by atoms with E-state index in [0.717, 1.165) is 28.4 Å². The summed E-state index contributed by atoms with van der Waals surface area (Å²) in [6, 6.07) is 10.1. The molecule has 0 aliphatic heterocycles. The number of hydrazone groups is 1. The highest BCUT2D eigenvalue weighted by molar-refractivity contribution is 7.22. The molecule has 3 rings (SSSR count). The number of halogens is 2. The minimum absolute atomic E-state index is 0.00270. The Morgan fingerprint density at radius 3 is 2.77 bits per heavy atom. The Bertz CT molecular complexity index is 953. The van der Waals surface area contributed by atoms with E-state index < -0.39 is 23.6 Å². The van der Waals surface area contributed by atoms with Gasteiger partial charge in [0.25, 0.3) is 5.91 Å². The molecule has 0 radical (unpaired) electrons. The Labute approximate surface area is 152 Å². The van der Waals surface area contributed by atoms with Crippen molar-refractivity contribution in [2.24, 2.45) is 5.10 Å². The molecule has 3 aromatic rings. The number of nitrogens with one attached hydrogen (secondary N) is 2. The number of carbonyl (C=O) groups excluding carboxylic acids is 1. The van der Waals surface area contributed by atoms with Gasteiger partial charge in [-0.2, -0.15) is 5.10 Å². The summed E-state index contributed by atoms with van der Waals surface area (Å²) in [6.07, 6.45) is 0. The Kier molecular flexibility index (Phi) is 5.22. The van der Waals surface area contributed by atoms with E-state index in [2.05, 4.69) is 20.8 Å². The third-order valence-corrected chi connectivity index (χ3v) is 4.65. The first kappa shape index (κ1) is 17.9. The van der Waals surface area contributed by atoms with E-state index in [1.165, 1.54) is 18.3 Å². The molecule has 0 aliphatic carbocycles. The molecule has 0 bridgehead atoms. The van der Waals surface area contributed by atoms with E-state index >= 15 is 0 Å².